The summed E-state index contributed by atoms with van der Waals surface area (Å²) in [5, 5.41) is 11.4. The van der Waals surface area contributed by atoms with Crippen LogP contribution in [0.25, 0.3) is 5.76 Å². The summed E-state index contributed by atoms with van der Waals surface area (Å²) < 4.78 is 6.39. The van der Waals surface area contributed by atoms with Crippen molar-refractivity contribution in [2.75, 3.05) is 12.0 Å². The van der Waals surface area contributed by atoms with E-state index in [1.54, 1.807) is 31.4 Å². The number of aliphatic hydroxyl groups excluding tert-OH is 1. The minimum absolute atomic E-state index is 0.0567. The standard InChI is InChI=1S/C28H26BrNO4/c1-28(2,3)21-16-18(12-15-22(21)34-4)25(31)23-24(17-10-13-19(29)14-11-17)30(27(33)26(23)32)20-8-6-5-7-9-20/h5-16,24,31H,1-4H3/b25-23-. The molecule has 0 aliphatic carbocycles. The number of hydrogen-bond donors (Lipinski definition) is 1. The molecular formula is C28H26BrNO4. The highest BCUT2D eigenvalue weighted by atomic mass is 79.9. The lowest BCUT2D eigenvalue weighted by Gasteiger charge is -2.26. The van der Waals surface area contributed by atoms with Gasteiger partial charge in [-0.05, 0) is 53.4 Å². The Labute approximate surface area is 207 Å². The first-order valence-corrected chi connectivity index (χ1v) is 11.7. The van der Waals surface area contributed by atoms with Gasteiger partial charge in [0, 0.05) is 21.3 Å². The van der Waals surface area contributed by atoms with Crippen LogP contribution in [0.3, 0.4) is 0 Å². The third kappa shape index (κ3) is 4.26. The molecule has 3 aromatic carbocycles. The molecule has 34 heavy (non-hydrogen) atoms. The topological polar surface area (TPSA) is 66.8 Å². The van der Waals surface area contributed by atoms with Gasteiger partial charge in [0.2, 0.25) is 0 Å². The molecule has 0 saturated carbocycles. The van der Waals surface area contributed by atoms with E-state index in [0.717, 1.165) is 15.6 Å². The minimum Gasteiger partial charge on any atom is -0.507 e. The van der Waals surface area contributed by atoms with Crippen molar-refractivity contribution in [3.63, 3.8) is 0 Å². The number of halogens is 1. The number of amides is 1. The van der Waals surface area contributed by atoms with Gasteiger partial charge in [0.05, 0.1) is 18.7 Å². The van der Waals surface area contributed by atoms with Crippen LogP contribution in [0, 0.1) is 0 Å². The summed E-state index contributed by atoms with van der Waals surface area (Å²) >= 11 is 3.44. The molecule has 0 spiro atoms. The Kier molecular flexibility index (Phi) is 6.36. The predicted molar refractivity (Wildman–Crippen MR) is 137 cm³/mol. The van der Waals surface area contributed by atoms with Crippen molar-refractivity contribution in [1.29, 1.82) is 0 Å². The summed E-state index contributed by atoms with van der Waals surface area (Å²) in [5.74, 6) is -0.913. The van der Waals surface area contributed by atoms with Crippen LogP contribution >= 0.6 is 15.9 Å². The third-order valence-electron chi connectivity index (χ3n) is 5.95. The fourth-order valence-corrected chi connectivity index (χ4v) is 4.51. The zero-order chi connectivity index (χ0) is 24.6. The normalized spacial score (nSPS) is 17.8. The number of nitrogens with zero attached hydrogens (tertiary/aromatic N) is 1. The van der Waals surface area contributed by atoms with Crippen LogP contribution in [0.1, 0.15) is 43.5 Å². The highest BCUT2D eigenvalue weighted by Crippen LogP contribution is 2.43. The average molecular weight is 520 g/mol. The number of Topliss-reactive ketones (excluding diaryl/α,β-unsaturated/α-hetero) is 1. The first-order valence-electron chi connectivity index (χ1n) is 10.9. The molecule has 1 aliphatic heterocycles. The first kappa shape index (κ1) is 23.8. The monoisotopic (exact) mass is 519 g/mol. The van der Waals surface area contributed by atoms with Crippen LogP contribution in [0.4, 0.5) is 5.69 Å². The maximum absolute atomic E-state index is 13.3. The molecule has 0 bridgehead atoms. The summed E-state index contributed by atoms with van der Waals surface area (Å²) in [4.78, 5) is 28.0. The lowest BCUT2D eigenvalue weighted by Crippen LogP contribution is -2.29. The molecule has 1 unspecified atom stereocenters. The van der Waals surface area contributed by atoms with Gasteiger partial charge < -0.3 is 9.84 Å². The van der Waals surface area contributed by atoms with Gasteiger partial charge >= 0.3 is 0 Å². The summed E-state index contributed by atoms with van der Waals surface area (Å²) in [5.41, 5.74) is 2.44. The number of hydrogen-bond acceptors (Lipinski definition) is 4. The number of anilines is 1. The highest BCUT2D eigenvalue weighted by Gasteiger charge is 2.47. The second kappa shape index (κ2) is 9.11. The molecule has 5 nitrogen and oxygen atoms in total. The number of carbonyl (C=O) groups excluding carboxylic acids is 2. The van der Waals surface area contributed by atoms with E-state index in [4.69, 9.17) is 4.74 Å². The number of benzene rings is 3. The minimum atomic E-state index is -0.768. The van der Waals surface area contributed by atoms with Crippen molar-refractivity contribution in [3.8, 4) is 5.75 Å². The molecule has 174 valence electrons. The van der Waals surface area contributed by atoms with Gasteiger partial charge in [-0.15, -0.1) is 0 Å². The van der Waals surface area contributed by atoms with Crippen LogP contribution in [0.2, 0.25) is 0 Å². The molecule has 1 N–H and O–H groups in total. The molecule has 1 atom stereocenters. The lowest BCUT2D eigenvalue weighted by molar-refractivity contribution is -0.132. The van der Waals surface area contributed by atoms with E-state index in [-0.39, 0.29) is 16.7 Å². The molecule has 3 aromatic rings. The fraction of sp³-hybridized carbons (Fsp3) is 0.214. The lowest BCUT2D eigenvalue weighted by atomic mass is 9.84. The maximum atomic E-state index is 13.3. The van der Waals surface area contributed by atoms with E-state index in [1.165, 1.54) is 4.90 Å². The van der Waals surface area contributed by atoms with Crippen LogP contribution in [0.5, 0.6) is 5.75 Å². The van der Waals surface area contributed by atoms with Gasteiger partial charge in [0.15, 0.2) is 0 Å². The quantitative estimate of drug-likeness (QED) is 0.246. The Hall–Kier alpha value is -3.38. The van der Waals surface area contributed by atoms with Crippen LogP contribution in [0.15, 0.2) is 82.8 Å². The van der Waals surface area contributed by atoms with E-state index in [0.29, 0.717) is 17.0 Å². The maximum Gasteiger partial charge on any atom is 0.300 e. The van der Waals surface area contributed by atoms with Crippen molar-refractivity contribution in [2.24, 2.45) is 0 Å². The van der Waals surface area contributed by atoms with Crippen molar-refractivity contribution in [2.45, 2.75) is 32.2 Å². The van der Waals surface area contributed by atoms with Crippen molar-refractivity contribution in [3.05, 3.63) is 99.5 Å². The Morgan fingerprint density at radius 2 is 1.62 bits per heavy atom. The Bertz CT molecular complexity index is 1270. The molecule has 6 heteroatoms. The van der Waals surface area contributed by atoms with Gasteiger partial charge in [-0.2, -0.15) is 0 Å². The summed E-state index contributed by atoms with van der Waals surface area (Å²) in [6.07, 6.45) is 0. The molecule has 1 amide bonds. The Balaban J connectivity index is 1.95. The molecule has 1 saturated heterocycles. The first-order chi connectivity index (χ1) is 16.1. The molecule has 0 aromatic heterocycles. The second-order valence-corrected chi connectivity index (χ2v) is 10.1. The van der Waals surface area contributed by atoms with Gasteiger partial charge in [0.25, 0.3) is 11.7 Å². The molecule has 0 radical (unpaired) electrons. The van der Waals surface area contributed by atoms with E-state index >= 15 is 0 Å². The second-order valence-electron chi connectivity index (χ2n) is 9.22. The number of rotatable bonds is 4. The summed E-state index contributed by atoms with van der Waals surface area (Å²) in [6.45, 7) is 6.14. The zero-order valence-corrected chi connectivity index (χ0v) is 21.1. The Morgan fingerprint density at radius 3 is 2.21 bits per heavy atom. The van der Waals surface area contributed by atoms with Crippen molar-refractivity contribution < 1.29 is 19.4 Å². The highest BCUT2D eigenvalue weighted by molar-refractivity contribution is 9.10. The molecule has 1 aliphatic rings. The number of carbonyl (C=O) groups is 2. The predicted octanol–water partition coefficient (Wildman–Crippen LogP) is 6.38. The molecular weight excluding hydrogens is 494 g/mol. The number of ketones is 1. The largest absolute Gasteiger partial charge is 0.507 e. The summed E-state index contributed by atoms with van der Waals surface area (Å²) in [6, 6.07) is 21.0. The number of para-hydroxylation sites is 1. The van der Waals surface area contributed by atoms with E-state index < -0.39 is 17.7 Å². The smallest absolute Gasteiger partial charge is 0.300 e. The van der Waals surface area contributed by atoms with Crippen LogP contribution in [-0.4, -0.2) is 23.9 Å². The van der Waals surface area contributed by atoms with Gasteiger partial charge in [0.1, 0.15) is 11.5 Å². The number of ether oxygens (including phenoxy) is 1. The molecule has 4 rings (SSSR count). The zero-order valence-electron chi connectivity index (χ0n) is 19.5. The number of methoxy groups -OCH3 is 1. The van der Waals surface area contributed by atoms with Gasteiger partial charge in [-0.25, -0.2) is 0 Å². The Morgan fingerprint density at radius 1 is 0.971 bits per heavy atom. The average Bonchev–Trinajstić information content (AvgIpc) is 3.09. The number of aliphatic hydroxyl groups is 1. The van der Waals surface area contributed by atoms with Crippen LogP contribution < -0.4 is 9.64 Å². The van der Waals surface area contributed by atoms with E-state index in [1.807, 2.05) is 69.3 Å². The van der Waals surface area contributed by atoms with E-state index in [2.05, 4.69) is 15.9 Å². The van der Waals surface area contributed by atoms with Crippen molar-refractivity contribution >= 4 is 39.1 Å². The molecule has 1 fully saturated rings. The van der Waals surface area contributed by atoms with Crippen molar-refractivity contribution in [1.82, 2.24) is 0 Å². The third-order valence-corrected chi connectivity index (χ3v) is 6.47. The SMILES string of the molecule is COc1ccc(/C(O)=C2/C(=O)C(=O)N(c3ccccc3)C2c2ccc(Br)cc2)cc1C(C)(C)C. The fourth-order valence-electron chi connectivity index (χ4n) is 4.24. The van der Waals surface area contributed by atoms with E-state index in [9.17, 15) is 14.7 Å². The molecule has 1 heterocycles. The van der Waals surface area contributed by atoms with Gasteiger partial charge in [-0.3, -0.25) is 14.5 Å². The van der Waals surface area contributed by atoms with Crippen LogP contribution in [-0.2, 0) is 15.0 Å². The summed E-state index contributed by atoms with van der Waals surface area (Å²) in [7, 11) is 1.60. The van der Waals surface area contributed by atoms with Gasteiger partial charge in [-0.1, -0.05) is 67.0 Å².